The monoisotopic (exact) mass is 333 g/mol. The molecule has 7 nitrogen and oxygen atoms in total. The second-order valence-electron chi connectivity index (χ2n) is 3.27. The first-order valence-corrected chi connectivity index (χ1v) is 7.01. The first kappa shape index (κ1) is 13.0. The van der Waals surface area contributed by atoms with Gasteiger partial charge in [0.2, 0.25) is 22.2 Å². The smallest absolute Gasteiger partial charge is 0.238 e. The zero-order chi connectivity index (χ0) is 13.2. The quantitative estimate of drug-likeness (QED) is 0.895. The standard InChI is InChI=1S/C9H8BrN3O4S/c10-7-3-6(18(11,14)15)1-2-8(7)16-4-9-12-5-17-13-9/h1-3,5H,4H2,(H2,11,14,15). The van der Waals surface area contributed by atoms with E-state index in [0.29, 0.717) is 16.0 Å². The zero-order valence-electron chi connectivity index (χ0n) is 8.91. The van der Waals surface area contributed by atoms with Crippen LogP contribution in [0.4, 0.5) is 0 Å². The van der Waals surface area contributed by atoms with Gasteiger partial charge in [-0.2, -0.15) is 4.98 Å². The van der Waals surface area contributed by atoms with E-state index in [1.807, 2.05) is 0 Å². The Balaban J connectivity index is 2.15. The number of benzene rings is 1. The topological polar surface area (TPSA) is 108 Å². The number of nitrogens with zero attached hydrogens (tertiary/aromatic N) is 2. The Morgan fingerprint density at radius 1 is 1.44 bits per heavy atom. The highest BCUT2D eigenvalue weighted by Crippen LogP contribution is 2.27. The third kappa shape index (κ3) is 3.06. The third-order valence-electron chi connectivity index (χ3n) is 2.00. The SMILES string of the molecule is NS(=O)(=O)c1ccc(OCc2ncon2)c(Br)c1. The largest absolute Gasteiger partial charge is 0.484 e. The fourth-order valence-corrected chi connectivity index (χ4v) is 2.36. The van der Waals surface area contributed by atoms with Gasteiger partial charge in [-0.05, 0) is 34.1 Å². The van der Waals surface area contributed by atoms with Crippen molar-refractivity contribution in [3.05, 3.63) is 34.9 Å². The highest BCUT2D eigenvalue weighted by molar-refractivity contribution is 9.10. The van der Waals surface area contributed by atoms with Crippen molar-refractivity contribution in [3.63, 3.8) is 0 Å². The Hall–Kier alpha value is -1.45. The maximum absolute atomic E-state index is 11.1. The van der Waals surface area contributed by atoms with Crippen molar-refractivity contribution in [1.29, 1.82) is 0 Å². The lowest BCUT2D eigenvalue weighted by molar-refractivity contribution is 0.284. The normalized spacial score (nSPS) is 11.4. The van der Waals surface area contributed by atoms with Gasteiger partial charge in [0.05, 0.1) is 9.37 Å². The minimum absolute atomic E-state index is 0.00119. The number of hydrogen-bond donors (Lipinski definition) is 1. The fourth-order valence-electron chi connectivity index (χ4n) is 1.17. The lowest BCUT2D eigenvalue weighted by atomic mass is 10.3. The molecule has 1 heterocycles. The average molecular weight is 334 g/mol. The maximum Gasteiger partial charge on any atom is 0.238 e. The van der Waals surface area contributed by atoms with Crippen LogP contribution in [0.25, 0.3) is 0 Å². The molecule has 1 aromatic heterocycles. The maximum atomic E-state index is 11.1. The molecule has 0 aliphatic heterocycles. The van der Waals surface area contributed by atoms with Crippen LogP contribution in [0.2, 0.25) is 0 Å². The van der Waals surface area contributed by atoms with E-state index in [4.69, 9.17) is 9.88 Å². The van der Waals surface area contributed by atoms with E-state index in [-0.39, 0.29) is 11.5 Å². The van der Waals surface area contributed by atoms with E-state index >= 15 is 0 Å². The van der Waals surface area contributed by atoms with Crippen LogP contribution in [-0.4, -0.2) is 18.6 Å². The van der Waals surface area contributed by atoms with E-state index in [1.54, 1.807) is 0 Å². The second kappa shape index (κ2) is 5.04. The summed E-state index contributed by atoms with van der Waals surface area (Å²) >= 11 is 3.19. The molecule has 0 radical (unpaired) electrons. The summed E-state index contributed by atoms with van der Waals surface area (Å²) < 4.78 is 32.6. The van der Waals surface area contributed by atoms with Crippen molar-refractivity contribution >= 4 is 26.0 Å². The Morgan fingerprint density at radius 3 is 2.78 bits per heavy atom. The summed E-state index contributed by atoms with van der Waals surface area (Å²) in [4.78, 5) is 3.79. The highest BCUT2D eigenvalue weighted by atomic mass is 79.9. The molecule has 9 heteroatoms. The van der Waals surface area contributed by atoms with E-state index in [1.165, 1.54) is 24.6 Å². The summed E-state index contributed by atoms with van der Waals surface area (Å²) in [5.74, 6) is 0.838. The van der Waals surface area contributed by atoms with E-state index in [9.17, 15) is 8.42 Å². The first-order valence-electron chi connectivity index (χ1n) is 4.67. The number of aromatic nitrogens is 2. The summed E-state index contributed by atoms with van der Waals surface area (Å²) in [6.45, 7) is 0.115. The van der Waals surface area contributed by atoms with Gasteiger partial charge in [0.1, 0.15) is 5.75 Å². The van der Waals surface area contributed by atoms with Crippen LogP contribution in [0.3, 0.4) is 0 Å². The molecule has 0 amide bonds. The van der Waals surface area contributed by atoms with E-state index in [2.05, 4.69) is 30.6 Å². The minimum Gasteiger partial charge on any atom is -0.484 e. The number of rotatable bonds is 4. The van der Waals surface area contributed by atoms with Gasteiger partial charge in [-0.25, -0.2) is 13.6 Å². The molecule has 2 aromatic rings. The number of hydrogen-bond acceptors (Lipinski definition) is 6. The summed E-state index contributed by atoms with van der Waals surface area (Å²) in [6.07, 6.45) is 1.19. The molecule has 2 rings (SSSR count). The Morgan fingerprint density at radius 2 is 2.22 bits per heavy atom. The van der Waals surface area contributed by atoms with E-state index in [0.717, 1.165) is 0 Å². The number of primary sulfonamides is 1. The number of sulfonamides is 1. The summed E-state index contributed by atoms with van der Waals surface area (Å²) in [6, 6.07) is 4.20. The van der Waals surface area contributed by atoms with Crippen molar-refractivity contribution in [2.75, 3.05) is 0 Å². The van der Waals surface area contributed by atoms with Crippen LogP contribution in [0.5, 0.6) is 5.75 Å². The molecule has 0 unspecified atom stereocenters. The molecule has 0 saturated carbocycles. The molecule has 96 valence electrons. The van der Waals surface area contributed by atoms with Gasteiger partial charge >= 0.3 is 0 Å². The van der Waals surface area contributed by atoms with Gasteiger partial charge in [-0.3, -0.25) is 0 Å². The average Bonchev–Trinajstić information content (AvgIpc) is 2.79. The lowest BCUT2D eigenvalue weighted by Gasteiger charge is -2.07. The van der Waals surface area contributed by atoms with Crippen molar-refractivity contribution in [1.82, 2.24) is 10.1 Å². The summed E-state index contributed by atoms with van der Waals surface area (Å²) in [7, 11) is -3.73. The molecule has 0 atom stereocenters. The summed E-state index contributed by atoms with van der Waals surface area (Å²) in [5, 5.41) is 8.58. The Labute approximate surface area is 111 Å². The fraction of sp³-hybridized carbons (Fsp3) is 0.111. The van der Waals surface area contributed by atoms with Crippen LogP contribution in [0, 0.1) is 0 Å². The zero-order valence-corrected chi connectivity index (χ0v) is 11.3. The molecule has 1 aromatic carbocycles. The Kier molecular flexibility index (Phi) is 3.64. The molecule has 18 heavy (non-hydrogen) atoms. The highest BCUT2D eigenvalue weighted by Gasteiger charge is 2.11. The number of ether oxygens (including phenoxy) is 1. The van der Waals surface area contributed by atoms with Crippen LogP contribution in [-0.2, 0) is 16.6 Å². The minimum atomic E-state index is -3.73. The van der Waals surface area contributed by atoms with E-state index < -0.39 is 10.0 Å². The van der Waals surface area contributed by atoms with Crippen molar-refractivity contribution in [3.8, 4) is 5.75 Å². The molecule has 0 aliphatic rings. The molecule has 0 spiro atoms. The van der Waals surface area contributed by atoms with Gasteiger partial charge in [-0.15, -0.1) is 0 Å². The van der Waals surface area contributed by atoms with Gasteiger partial charge in [0, 0.05) is 0 Å². The second-order valence-corrected chi connectivity index (χ2v) is 5.69. The van der Waals surface area contributed by atoms with Crippen molar-refractivity contribution in [2.24, 2.45) is 5.14 Å². The third-order valence-corrected chi connectivity index (χ3v) is 3.53. The van der Waals surface area contributed by atoms with Gasteiger partial charge in [0.25, 0.3) is 0 Å². The number of nitrogens with two attached hydrogens (primary N) is 1. The van der Waals surface area contributed by atoms with Crippen molar-refractivity contribution in [2.45, 2.75) is 11.5 Å². The molecule has 0 aliphatic carbocycles. The molecule has 2 N–H and O–H groups in total. The molecule has 0 fully saturated rings. The molecular formula is C9H8BrN3O4S. The predicted octanol–water partition coefficient (Wildman–Crippen LogP) is 1.06. The summed E-state index contributed by atoms with van der Waals surface area (Å²) in [5.41, 5.74) is 0. The van der Waals surface area contributed by atoms with Crippen LogP contribution in [0.15, 0.2) is 38.5 Å². The van der Waals surface area contributed by atoms with Crippen LogP contribution < -0.4 is 9.88 Å². The molecule has 0 bridgehead atoms. The van der Waals surface area contributed by atoms with Gasteiger partial charge in [-0.1, -0.05) is 5.16 Å². The predicted molar refractivity (Wildman–Crippen MR) is 64.1 cm³/mol. The molecule has 0 saturated heterocycles. The van der Waals surface area contributed by atoms with Gasteiger partial charge < -0.3 is 9.26 Å². The van der Waals surface area contributed by atoms with Crippen LogP contribution >= 0.6 is 15.9 Å². The number of halogens is 1. The Bertz CT molecular complexity index is 642. The lowest BCUT2D eigenvalue weighted by Crippen LogP contribution is -2.12. The first-order chi connectivity index (χ1) is 8.47. The van der Waals surface area contributed by atoms with Crippen molar-refractivity contribution < 1.29 is 17.7 Å². The van der Waals surface area contributed by atoms with Crippen LogP contribution in [0.1, 0.15) is 5.82 Å². The molecular weight excluding hydrogens is 326 g/mol. The van der Waals surface area contributed by atoms with Gasteiger partial charge in [0.15, 0.2) is 6.61 Å².